The van der Waals surface area contributed by atoms with Crippen molar-refractivity contribution in [1.29, 1.82) is 0 Å². The van der Waals surface area contributed by atoms with Crippen LogP contribution in [0.4, 0.5) is 0 Å². The summed E-state index contributed by atoms with van der Waals surface area (Å²) in [4.78, 5) is 5.06. The molecule has 0 fully saturated rings. The normalized spacial score (nSPS) is 12.8. The maximum Gasteiger partial charge on any atom is 0.115 e. The van der Waals surface area contributed by atoms with Crippen LogP contribution in [0.1, 0.15) is 25.5 Å². The third-order valence-corrected chi connectivity index (χ3v) is 1.77. The van der Waals surface area contributed by atoms with Gasteiger partial charge in [-0.3, -0.25) is 0 Å². The molecule has 1 aromatic carbocycles. The van der Waals surface area contributed by atoms with Crippen molar-refractivity contribution in [3.63, 3.8) is 0 Å². The number of rotatable bonds is 4. The Labute approximate surface area is 78.3 Å². The van der Waals surface area contributed by atoms with Crippen LogP contribution >= 0.6 is 0 Å². The summed E-state index contributed by atoms with van der Waals surface area (Å²) in [7, 11) is 0. The number of hydrogen-bond acceptors (Lipinski definition) is 3. The molecule has 0 bridgehead atoms. The monoisotopic (exact) mass is 181 g/mol. The summed E-state index contributed by atoms with van der Waals surface area (Å²) >= 11 is 0. The molecular weight excluding hydrogens is 166 g/mol. The highest BCUT2D eigenvalue weighted by atomic mass is 16.6. The van der Waals surface area contributed by atoms with Gasteiger partial charge in [-0.1, -0.05) is 12.1 Å². The lowest BCUT2D eigenvalue weighted by atomic mass is 10.1. The van der Waals surface area contributed by atoms with E-state index in [1.165, 1.54) is 0 Å². The van der Waals surface area contributed by atoms with Gasteiger partial charge < -0.3 is 9.94 Å². The van der Waals surface area contributed by atoms with Gasteiger partial charge >= 0.3 is 0 Å². The number of nitrogens with one attached hydrogen (secondary N) is 1. The van der Waals surface area contributed by atoms with E-state index in [4.69, 9.17) is 4.84 Å². The highest BCUT2D eigenvalue weighted by molar-refractivity contribution is 5.28. The molecule has 1 aromatic rings. The smallest absolute Gasteiger partial charge is 0.115 e. The maximum absolute atomic E-state index is 9.22. The number of phenolic OH excluding ortho intramolecular Hbond substituents is 1. The van der Waals surface area contributed by atoms with Crippen molar-refractivity contribution in [1.82, 2.24) is 5.48 Å². The van der Waals surface area contributed by atoms with Crippen molar-refractivity contribution < 1.29 is 9.94 Å². The topological polar surface area (TPSA) is 41.5 Å². The van der Waals surface area contributed by atoms with E-state index in [0.717, 1.165) is 5.56 Å². The first-order chi connectivity index (χ1) is 6.24. The van der Waals surface area contributed by atoms with E-state index in [9.17, 15) is 5.11 Å². The Hall–Kier alpha value is -1.06. The molecule has 0 aliphatic rings. The van der Waals surface area contributed by atoms with Gasteiger partial charge in [-0.25, -0.2) is 0 Å². The Morgan fingerprint density at radius 1 is 1.54 bits per heavy atom. The molecule has 1 unspecified atom stereocenters. The summed E-state index contributed by atoms with van der Waals surface area (Å²) in [5.41, 5.74) is 3.87. The van der Waals surface area contributed by atoms with Gasteiger partial charge in [0, 0.05) is 0 Å². The predicted octanol–water partition coefficient (Wildman–Crippen LogP) is 1.99. The molecule has 0 spiro atoms. The van der Waals surface area contributed by atoms with Crippen molar-refractivity contribution in [2.24, 2.45) is 0 Å². The van der Waals surface area contributed by atoms with Crippen LogP contribution < -0.4 is 5.48 Å². The highest BCUT2D eigenvalue weighted by Crippen LogP contribution is 2.17. The number of phenols is 1. The summed E-state index contributed by atoms with van der Waals surface area (Å²) < 4.78 is 0. The van der Waals surface area contributed by atoms with Crippen molar-refractivity contribution in [2.75, 3.05) is 6.61 Å². The fraction of sp³-hybridized carbons (Fsp3) is 0.400. The fourth-order valence-electron chi connectivity index (χ4n) is 1.07. The summed E-state index contributed by atoms with van der Waals surface area (Å²) in [6.45, 7) is 4.52. The van der Waals surface area contributed by atoms with E-state index in [1.807, 2.05) is 26.0 Å². The third kappa shape index (κ3) is 3.05. The van der Waals surface area contributed by atoms with Gasteiger partial charge in [0.05, 0.1) is 12.6 Å². The first-order valence-corrected chi connectivity index (χ1v) is 4.40. The van der Waals surface area contributed by atoms with Crippen LogP contribution in [0.15, 0.2) is 24.3 Å². The molecule has 0 saturated heterocycles. The zero-order valence-corrected chi connectivity index (χ0v) is 7.95. The lowest BCUT2D eigenvalue weighted by Gasteiger charge is -2.13. The van der Waals surface area contributed by atoms with Crippen molar-refractivity contribution in [3.05, 3.63) is 29.8 Å². The molecule has 13 heavy (non-hydrogen) atoms. The quantitative estimate of drug-likeness (QED) is 0.698. The summed E-state index contributed by atoms with van der Waals surface area (Å²) in [6.07, 6.45) is 0. The van der Waals surface area contributed by atoms with Gasteiger partial charge in [0.25, 0.3) is 0 Å². The number of hydroxylamine groups is 1. The molecule has 0 radical (unpaired) electrons. The molecule has 2 N–H and O–H groups in total. The molecule has 1 rings (SSSR count). The van der Waals surface area contributed by atoms with Gasteiger partial charge in [-0.2, -0.15) is 5.48 Å². The summed E-state index contributed by atoms with van der Waals surface area (Å²) in [5, 5.41) is 9.22. The molecule has 0 amide bonds. The van der Waals surface area contributed by atoms with E-state index in [2.05, 4.69) is 5.48 Å². The second-order valence-electron chi connectivity index (χ2n) is 2.87. The molecule has 0 heterocycles. The lowest BCUT2D eigenvalue weighted by molar-refractivity contribution is 0.0284. The Bertz CT molecular complexity index is 263. The second kappa shape index (κ2) is 4.84. The van der Waals surface area contributed by atoms with Gasteiger partial charge in [-0.15, -0.1) is 0 Å². The van der Waals surface area contributed by atoms with Gasteiger partial charge in [0.1, 0.15) is 5.75 Å². The molecular formula is C10H15NO2. The number of benzene rings is 1. The largest absolute Gasteiger partial charge is 0.508 e. The lowest BCUT2D eigenvalue weighted by Crippen LogP contribution is -2.18. The van der Waals surface area contributed by atoms with Gasteiger partial charge in [0.15, 0.2) is 0 Å². The van der Waals surface area contributed by atoms with Gasteiger partial charge in [-0.05, 0) is 31.5 Å². The van der Waals surface area contributed by atoms with E-state index in [0.29, 0.717) is 6.61 Å². The highest BCUT2D eigenvalue weighted by Gasteiger charge is 2.04. The molecule has 0 saturated carbocycles. The molecule has 0 aromatic heterocycles. The van der Waals surface area contributed by atoms with Crippen LogP contribution in [0.3, 0.4) is 0 Å². The average Bonchev–Trinajstić information content (AvgIpc) is 2.14. The van der Waals surface area contributed by atoms with Crippen molar-refractivity contribution >= 4 is 0 Å². The minimum Gasteiger partial charge on any atom is -0.508 e. The summed E-state index contributed by atoms with van der Waals surface area (Å²) in [5.74, 6) is 0.280. The van der Waals surface area contributed by atoms with Crippen LogP contribution in [0.2, 0.25) is 0 Å². The summed E-state index contributed by atoms with van der Waals surface area (Å²) in [6, 6.07) is 7.21. The van der Waals surface area contributed by atoms with Gasteiger partial charge in [0.2, 0.25) is 0 Å². The molecule has 3 nitrogen and oxygen atoms in total. The maximum atomic E-state index is 9.22. The zero-order chi connectivity index (χ0) is 9.68. The van der Waals surface area contributed by atoms with Crippen LogP contribution in [-0.4, -0.2) is 11.7 Å². The Kier molecular flexibility index (Phi) is 3.73. The number of aromatic hydroxyl groups is 1. The van der Waals surface area contributed by atoms with Crippen molar-refractivity contribution in [3.8, 4) is 5.75 Å². The molecule has 0 aliphatic heterocycles. The minimum atomic E-state index is 0.0899. The first-order valence-electron chi connectivity index (χ1n) is 4.40. The minimum absolute atomic E-state index is 0.0899. The second-order valence-corrected chi connectivity index (χ2v) is 2.87. The van der Waals surface area contributed by atoms with E-state index >= 15 is 0 Å². The predicted molar refractivity (Wildman–Crippen MR) is 51.3 cm³/mol. The third-order valence-electron chi connectivity index (χ3n) is 1.77. The first kappa shape index (κ1) is 10.0. The molecule has 72 valence electrons. The SMILES string of the molecule is CCONC(C)c1cccc(O)c1. The van der Waals surface area contributed by atoms with E-state index in [1.54, 1.807) is 12.1 Å². The van der Waals surface area contributed by atoms with E-state index in [-0.39, 0.29) is 11.8 Å². The fourth-order valence-corrected chi connectivity index (χ4v) is 1.07. The number of hydrogen-bond donors (Lipinski definition) is 2. The van der Waals surface area contributed by atoms with Crippen LogP contribution in [0, 0.1) is 0 Å². The molecule has 3 heteroatoms. The molecule has 0 aliphatic carbocycles. The Morgan fingerprint density at radius 2 is 2.31 bits per heavy atom. The standard InChI is InChI=1S/C10H15NO2/c1-3-13-11-8(2)9-5-4-6-10(12)7-9/h4-8,11-12H,3H2,1-2H3. The van der Waals surface area contributed by atoms with Crippen LogP contribution in [0.25, 0.3) is 0 Å². The molecule has 1 atom stereocenters. The Balaban J connectivity index is 2.60. The van der Waals surface area contributed by atoms with Crippen molar-refractivity contribution in [2.45, 2.75) is 19.9 Å². The van der Waals surface area contributed by atoms with E-state index < -0.39 is 0 Å². The zero-order valence-electron chi connectivity index (χ0n) is 7.95. The van der Waals surface area contributed by atoms with Crippen LogP contribution in [0.5, 0.6) is 5.75 Å². The average molecular weight is 181 g/mol. The van der Waals surface area contributed by atoms with Crippen LogP contribution in [-0.2, 0) is 4.84 Å². The Morgan fingerprint density at radius 3 is 2.92 bits per heavy atom.